The van der Waals surface area contributed by atoms with Crippen LogP contribution in [0.3, 0.4) is 0 Å². The van der Waals surface area contributed by atoms with Crippen molar-refractivity contribution < 1.29 is 4.39 Å². The molecule has 1 fully saturated rings. The van der Waals surface area contributed by atoms with E-state index in [9.17, 15) is 4.39 Å². The molecule has 0 aliphatic heterocycles. The van der Waals surface area contributed by atoms with Crippen molar-refractivity contribution in [2.45, 2.75) is 44.7 Å². The molecule has 0 bridgehead atoms. The summed E-state index contributed by atoms with van der Waals surface area (Å²) in [6, 6.07) is 4.70. The van der Waals surface area contributed by atoms with E-state index >= 15 is 0 Å². The maximum Gasteiger partial charge on any atom is 0.125 e. The van der Waals surface area contributed by atoms with Crippen molar-refractivity contribution in [3.63, 3.8) is 0 Å². The molecular weight excluding hydrogens is 225 g/mol. The molecular formula is C13H17ClFN. The minimum absolute atomic E-state index is 0.261. The molecule has 1 nitrogen and oxygen atoms in total. The van der Waals surface area contributed by atoms with E-state index in [0.29, 0.717) is 17.1 Å². The van der Waals surface area contributed by atoms with Crippen LogP contribution in [0.2, 0.25) is 5.02 Å². The largest absolute Gasteiger partial charge is 0.307 e. The second-order valence-electron chi connectivity index (χ2n) is 4.62. The first-order valence-corrected chi connectivity index (χ1v) is 6.21. The molecule has 1 saturated carbocycles. The summed E-state index contributed by atoms with van der Waals surface area (Å²) >= 11 is 5.81. The maximum absolute atomic E-state index is 13.1. The minimum atomic E-state index is -0.261. The number of rotatable bonds is 4. The van der Waals surface area contributed by atoms with E-state index in [1.807, 2.05) is 6.07 Å². The van der Waals surface area contributed by atoms with Crippen LogP contribution in [0.5, 0.6) is 0 Å². The third kappa shape index (κ3) is 2.55. The van der Waals surface area contributed by atoms with Gasteiger partial charge in [-0.3, -0.25) is 0 Å². The number of nitrogens with one attached hydrogen (secondary N) is 1. The summed E-state index contributed by atoms with van der Waals surface area (Å²) in [5.41, 5.74) is 1.21. The molecule has 0 atom stereocenters. The van der Waals surface area contributed by atoms with E-state index in [2.05, 4.69) is 12.2 Å². The number of halogens is 2. The zero-order valence-corrected chi connectivity index (χ0v) is 10.3. The van der Waals surface area contributed by atoms with Gasteiger partial charge in [0.05, 0.1) is 0 Å². The Hall–Kier alpha value is -0.600. The first-order chi connectivity index (χ1) is 7.63. The molecule has 0 aromatic heterocycles. The summed E-state index contributed by atoms with van der Waals surface area (Å²) in [6.07, 6.45) is 4.89. The van der Waals surface area contributed by atoms with E-state index in [1.54, 1.807) is 6.07 Å². The molecule has 1 aliphatic rings. The molecule has 0 saturated heterocycles. The standard InChI is InChI=1S/C13H17ClFN/c1-2-13(4-3-5-13)16-9-10-6-11(14)8-12(15)7-10/h6-8,16H,2-5,9H2,1H3. The fourth-order valence-electron chi connectivity index (χ4n) is 2.26. The lowest BCUT2D eigenvalue weighted by atomic mass is 9.75. The lowest BCUT2D eigenvalue weighted by molar-refractivity contribution is 0.175. The predicted molar refractivity (Wildman–Crippen MR) is 65.1 cm³/mol. The van der Waals surface area contributed by atoms with E-state index < -0.39 is 0 Å². The van der Waals surface area contributed by atoms with Crippen molar-refractivity contribution in [1.82, 2.24) is 5.32 Å². The zero-order chi connectivity index (χ0) is 11.6. The Morgan fingerprint density at radius 2 is 2.12 bits per heavy atom. The Kier molecular flexibility index (Phi) is 3.50. The van der Waals surface area contributed by atoms with Crippen LogP contribution in [0.25, 0.3) is 0 Å². The summed E-state index contributed by atoms with van der Waals surface area (Å²) in [5, 5.41) is 4.00. The second-order valence-corrected chi connectivity index (χ2v) is 5.06. The zero-order valence-electron chi connectivity index (χ0n) is 9.52. The second kappa shape index (κ2) is 4.72. The molecule has 1 aromatic carbocycles. The summed E-state index contributed by atoms with van der Waals surface area (Å²) in [6.45, 7) is 2.90. The van der Waals surface area contributed by atoms with Crippen molar-refractivity contribution >= 4 is 11.6 Å². The lowest BCUT2D eigenvalue weighted by Crippen LogP contribution is -2.49. The van der Waals surface area contributed by atoms with Crippen LogP contribution in [0.4, 0.5) is 4.39 Å². The minimum Gasteiger partial charge on any atom is -0.307 e. The fourth-order valence-corrected chi connectivity index (χ4v) is 2.51. The molecule has 16 heavy (non-hydrogen) atoms. The number of hydrogen-bond acceptors (Lipinski definition) is 1. The van der Waals surface area contributed by atoms with Gasteiger partial charge in [0.15, 0.2) is 0 Å². The van der Waals surface area contributed by atoms with Crippen molar-refractivity contribution in [3.05, 3.63) is 34.6 Å². The average Bonchev–Trinajstić information content (AvgIpc) is 2.15. The third-order valence-electron chi connectivity index (χ3n) is 3.58. The van der Waals surface area contributed by atoms with Gasteiger partial charge in [-0.1, -0.05) is 18.5 Å². The van der Waals surface area contributed by atoms with Gasteiger partial charge in [0.25, 0.3) is 0 Å². The number of hydrogen-bond donors (Lipinski definition) is 1. The van der Waals surface area contributed by atoms with Crippen molar-refractivity contribution in [2.75, 3.05) is 0 Å². The first kappa shape index (κ1) is 11.9. The highest BCUT2D eigenvalue weighted by atomic mass is 35.5. The van der Waals surface area contributed by atoms with Gasteiger partial charge in [-0.2, -0.15) is 0 Å². The Labute approximate surface area is 101 Å². The monoisotopic (exact) mass is 241 g/mol. The highest BCUT2D eigenvalue weighted by Crippen LogP contribution is 2.34. The van der Waals surface area contributed by atoms with Crippen LogP contribution in [0.1, 0.15) is 38.2 Å². The van der Waals surface area contributed by atoms with Crippen LogP contribution >= 0.6 is 11.6 Å². The molecule has 0 heterocycles. The van der Waals surface area contributed by atoms with Gasteiger partial charge in [0, 0.05) is 17.1 Å². The quantitative estimate of drug-likeness (QED) is 0.843. The van der Waals surface area contributed by atoms with Gasteiger partial charge in [-0.05, 0) is 49.4 Å². The molecule has 0 radical (unpaired) electrons. The highest BCUT2D eigenvalue weighted by molar-refractivity contribution is 6.30. The van der Waals surface area contributed by atoms with E-state index in [4.69, 9.17) is 11.6 Å². The van der Waals surface area contributed by atoms with E-state index in [1.165, 1.54) is 25.3 Å². The average molecular weight is 242 g/mol. The van der Waals surface area contributed by atoms with E-state index in [0.717, 1.165) is 12.0 Å². The molecule has 3 heteroatoms. The molecule has 0 amide bonds. The van der Waals surface area contributed by atoms with Gasteiger partial charge < -0.3 is 5.32 Å². The Morgan fingerprint density at radius 3 is 2.62 bits per heavy atom. The number of benzene rings is 1. The predicted octanol–water partition coefficient (Wildman–Crippen LogP) is 3.90. The molecule has 0 spiro atoms. The van der Waals surface area contributed by atoms with Crippen molar-refractivity contribution in [1.29, 1.82) is 0 Å². The summed E-state index contributed by atoms with van der Waals surface area (Å²) in [5.74, 6) is -0.261. The SMILES string of the molecule is CCC1(NCc2cc(F)cc(Cl)c2)CCC1. The molecule has 1 aliphatic carbocycles. The molecule has 1 aromatic rings. The van der Waals surface area contributed by atoms with E-state index in [-0.39, 0.29) is 5.82 Å². The smallest absolute Gasteiger partial charge is 0.125 e. The van der Waals surface area contributed by atoms with Crippen LogP contribution in [-0.4, -0.2) is 5.54 Å². The topological polar surface area (TPSA) is 12.0 Å². The van der Waals surface area contributed by atoms with Gasteiger partial charge in [-0.15, -0.1) is 0 Å². The Bertz CT molecular complexity index is 348. The van der Waals surface area contributed by atoms with Crippen LogP contribution in [0, 0.1) is 5.82 Å². The third-order valence-corrected chi connectivity index (χ3v) is 3.80. The molecule has 1 N–H and O–H groups in total. The van der Waals surface area contributed by atoms with Gasteiger partial charge >= 0.3 is 0 Å². The summed E-state index contributed by atoms with van der Waals surface area (Å²) in [7, 11) is 0. The Balaban J connectivity index is 1.98. The summed E-state index contributed by atoms with van der Waals surface area (Å²) < 4.78 is 13.1. The fraction of sp³-hybridized carbons (Fsp3) is 0.538. The van der Waals surface area contributed by atoms with Crippen LogP contribution < -0.4 is 5.32 Å². The molecule has 2 rings (SSSR count). The normalized spacial score (nSPS) is 18.2. The maximum atomic E-state index is 13.1. The Morgan fingerprint density at radius 1 is 1.38 bits per heavy atom. The molecule has 0 unspecified atom stereocenters. The van der Waals surface area contributed by atoms with Gasteiger partial charge in [-0.25, -0.2) is 4.39 Å². The molecule has 88 valence electrons. The van der Waals surface area contributed by atoms with Crippen molar-refractivity contribution in [3.8, 4) is 0 Å². The summed E-state index contributed by atoms with van der Waals surface area (Å²) in [4.78, 5) is 0. The van der Waals surface area contributed by atoms with Crippen LogP contribution in [-0.2, 0) is 6.54 Å². The lowest BCUT2D eigenvalue weighted by Gasteiger charge is -2.42. The van der Waals surface area contributed by atoms with Crippen LogP contribution in [0.15, 0.2) is 18.2 Å². The van der Waals surface area contributed by atoms with Gasteiger partial charge in [0.1, 0.15) is 5.82 Å². The first-order valence-electron chi connectivity index (χ1n) is 5.83. The van der Waals surface area contributed by atoms with Gasteiger partial charge in [0.2, 0.25) is 0 Å². The highest BCUT2D eigenvalue weighted by Gasteiger charge is 2.34. The van der Waals surface area contributed by atoms with Crippen molar-refractivity contribution in [2.24, 2.45) is 0 Å².